The van der Waals surface area contributed by atoms with Crippen LogP contribution in [0.25, 0.3) is 22.3 Å². The van der Waals surface area contributed by atoms with E-state index >= 15 is 0 Å². The van der Waals surface area contributed by atoms with E-state index in [1.807, 2.05) is 41.5 Å². The topological polar surface area (TPSA) is 61.4 Å². The lowest BCUT2D eigenvalue weighted by Gasteiger charge is -2.11. The van der Waals surface area contributed by atoms with Gasteiger partial charge in [0.05, 0.1) is 29.6 Å². The Morgan fingerprint density at radius 3 is 2.70 bits per heavy atom. The Labute approximate surface area is 176 Å². The second-order valence-corrected chi connectivity index (χ2v) is 9.03. The molecular weight excluding hydrogens is 372 g/mol. The van der Waals surface area contributed by atoms with E-state index in [0.29, 0.717) is 18.5 Å². The van der Waals surface area contributed by atoms with E-state index in [4.69, 9.17) is 5.10 Å². The maximum Gasteiger partial charge on any atom is 0.108 e. The van der Waals surface area contributed by atoms with E-state index in [1.165, 1.54) is 25.0 Å². The maximum atomic E-state index is 5.01. The first-order chi connectivity index (χ1) is 14.7. The first kappa shape index (κ1) is 17.8. The minimum atomic E-state index is 0.362. The molecule has 3 atom stereocenters. The number of pyridine rings is 2. The maximum absolute atomic E-state index is 5.01. The van der Waals surface area contributed by atoms with Gasteiger partial charge in [0, 0.05) is 35.6 Å². The molecule has 2 aliphatic carbocycles. The average Bonchev–Trinajstić information content (AvgIpc) is 3.21. The van der Waals surface area contributed by atoms with Gasteiger partial charge in [0.2, 0.25) is 0 Å². The molecule has 2 fully saturated rings. The van der Waals surface area contributed by atoms with Crippen LogP contribution in [0.2, 0.25) is 0 Å². The summed E-state index contributed by atoms with van der Waals surface area (Å²) in [7, 11) is 0. The van der Waals surface area contributed by atoms with Crippen LogP contribution < -0.4 is 0 Å². The van der Waals surface area contributed by atoms with Crippen molar-refractivity contribution in [2.45, 2.75) is 51.6 Å². The molecular formula is C24H26N6. The number of hydrogen-bond donors (Lipinski definition) is 0. The highest BCUT2D eigenvalue weighted by atomic mass is 15.3. The van der Waals surface area contributed by atoms with Crippen LogP contribution in [0.15, 0.2) is 48.9 Å². The van der Waals surface area contributed by atoms with Crippen LogP contribution in [-0.2, 0) is 6.54 Å². The summed E-state index contributed by atoms with van der Waals surface area (Å²) in [5, 5.41) is 9.55. The largest absolute Gasteiger partial charge is 0.266 e. The molecule has 30 heavy (non-hydrogen) atoms. The second-order valence-electron chi connectivity index (χ2n) is 9.03. The van der Waals surface area contributed by atoms with Gasteiger partial charge in [0.15, 0.2) is 0 Å². The first-order valence-corrected chi connectivity index (χ1v) is 11.0. The van der Waals surface area contributed by atoms with E-state index in [9.17, 15) is 0 Å². The molecule has 6 rings (SSSR count). The number of nitrogens with zero attached hydrogens (tertiary/aromatic N) is 6. The zero-order chi connectivity index (χ0) is 20.2. The summed E-state index contributed by atoms with van der Waals surface area (Å²) in [5.74, 6) is 2.47. The molecule has 0 bridgehead atoms. The SMILES string of the molecule is CC(C)n1nc(-c2cnc3cnn(Cc4ccccn4)c3c2)cc1[C@H]1[C@@H]2CCC[C@@H]21. The van der Waals surface area contributed by atoms with Crippen LogP contribution in [0.3, 0.4) is 0 Å². The Bertz CT molecular complexity index is 1200. The second kappa shape index (κ2) is 6.76. The predicted molar refractivity (Wildman–Crippen MR) is 116 cm³/mol. The molecule has 0 saturated heterocycles. The fourth-order valence-electron chi connectivity index (χ4n) is 5.34. The van der Waals surface area contributed by atoms with E-state index in [2.05, 4.69) is 45.7 Å². The van der Waals surface area contributed by atoms with Crippen LogP contribution in [0.5, 0.6) is 0 Å². The van der Waals surface area contributed by atoms with Crippen molar-refractivity contribution in [3.05, 3.63) is 60.3 Å². The highest BCUT2D eigenvalue weighted by molar-refractivity contribution is 5.79. The van der Waals surface area contributed by atoms with E-state index in [1.54, 1.807) is 0 Å². The zero-order valence-electron chi connectivity index (χ0n) is 17.4. The molecule has 0 N–H and O–H groups in total. The molecule has 6 nitrogen and oxygen atoms in total. The van der Waals surface area contributed by atoms with Gasteiger partial charge in [-0.15, -0.1) is 0 Å². The molecule has 4 aromatic heterocycles. The minimum absolute atomic E-state index is 0.362. The summed E-state index contributed by atoms with van der Waals surface area (Å²) in [5.41, 5.74) is 6.38. The monoisotopic (exact) mass is 398 g/mol. The number of hydrogen-bond acceptors (Lipinski definition) is 4. The molecule has 6 heteroatoms. The Morgan fingerprint density at radius 2 is 1.93 bits per heavy atom. The summed E-state index contributed by atoms with van der Waals surface area (Å²) < 4.78 is 4.22. The third-order valence-electron chi connectivity index (χ3n) is 6.83. The summed E-state index contributed by atoms with van der Waals surface area (Å²) in [6.45, 7) is 5.08. The third kappa shape index (κ3) is 2.85. The van der Waals surface area contributed by atoms with Crippen molar-refractivity contribution in [3.63, 3.8) is 0 Å². The van der Waals surface area contributed by atoms with Crippen molar-refractivity contribution in [2.75, 3.05) is 0 Å². The first-order valence-electron chi connectivity index (χ1n) is 11.0. The molecule has 0 unspecified atom stereocenters. The molecule has 0 radical (unpaired) electrons. The van der Waals surface area contributed by atoms with Crippen LogP contribution in [0, 0.1) is 11.8 Å². The van der Waals surface area contributed by atoms with Gasteiger partial charge < -0.3 is 0 Å². The highest BCUT2D eigenvalue weighted by Gasteiger charge is 2.54. The summed E-state index contributed by atoms with van der Waals surface area (Å²) in [4.78, 5) is 9.10. The lowest BCUT2D eigenvalue weighted by molar-refractivity contribution is 0.497. The quantitative estimate of drug-likeness (QED) is 0.483. The van der Waals surface area contributed by atoms with Crippen LogP contribution in [0.1, 0.15) is 56.5 Å². The van der Waals surface area contributed by atoms with E-state index in [0.717, 1.165) is 39.8 Å². The Balaban J connectivity index is 1.37. The van der Waals surface area contributed by atoms with Crippen LogP contribution in [0.4, 0.5) is 0 Å². The Kier molecular flexibility index (Phi) is 4.01. The summed E-state index contributed by atoms with van der Waals surface area (Å²) in [6, 6.07) is 10.8. The lowest BCUT2D eigenvalue weighted by Crippen LogP contribution is -2.08. The highest BCUT2D eigenvalue weighted by Crippen LogP contribution is 2.63. The van der Waals surface area contributed by atoms with Gasteiger partial charge in [-0.2, -0.15) is 10.2 Å². The third-order valence-corrected chi connectivity index (χ3v) is 6.83. The molecule has 2 aliphatic rings. The van der Waals surface area contributed by atoms with Crippen molar-refractivity contribution >= 4 is 11.0 Å². The summed E-state index contributed by atoms with van der Waals surface area (Å²) >= 11 is 0. The van der Waals surface area contributed by atoms with Gasteiger partial charge in [0.1, 0.15) is 5.52 Å². The lowest BCUT2D eigenvalue weighted by atomic mass is 10.1. The molecule has 0 aromatic carbocycles. The van der Waals surface area contributed by atoms with Gasteiger partial charge in [0.25, 0.3) is 0 Å². The summed E-state index contributed by atoms with van der Waals surface area (Å²) in [6.07, 6.45) is 9.74. The molecule has 0 spiro atoms. The van der Waals surface area contributed by atoms with Gasteiger partial charge in [-0.3, -0.25) is 19.3 Å². The molecule has 4 aromatic rings. The number of rotatable bonds is 5. The average molecular weight is 399 g/mol. The Hall–Kier alpha value is -3.02. The van der Waals surface area contributed by atoms with Gasteiger partial charge >= 0.3 is 0 Å². The van der Waals surface area contributed by atoms with E-state index in [-0.39, 0.29) is 0 Å². The fraction of sp³-hybridized carbons (Fsp3) is 0.417. The van der Waals surface area contributed by atoms with Crippen LogP contribution >= 0.6 is 0 Å². The van der Waals surface area contributed by atoms with Crippen molar-refractivity contribution in [3.8, 4) is 11.3 Å². The van der Waals surface area contributed by atoms with Gasteiger partial charge in [-0.25, -0.2) is 0 Å². The predicted octanol–water partition coefficient (Wildman–Crippen LogP) is 4.83. The van der Waals surface area contributed by atoms with Crippen molar-refractivity contribution in [1.29, 1.82) is 0 Å². The standard InChI is InChI=1S/C24H26N6/c1-15(2)30-23(24-18-7-5-8-19(18)24)11-20(28-30)16-10-22-21(26-12-16)13-27-29(22)14-17-6-3-4-9-25-17/h3-4,6,9-13,15,18-19,24H,5,7-8,14H2,1-2H3/t18-,19+,24+. The van der Waals surface area contributed by atoms with Gasteiger partial charge in [-0.1, -0.05) is 12.5 Å². The molecule has 2 saturated carbocycles. The van der Waals surface area contributed by atoms with E-state index < -0.39 is 0 Å². The molecule has 0 aliphatic heterocycles. The number of fused-ring (bicyclic) bond motifs is 2. The zero-order valence-corrected chi connectivity index (χ0v) is 17.4. The Morgan fingerprint density at radius 1 is 1.07 bits per heavy atom. The minimum Gasteiger partial charge on any atom is -0.266 e. The molecule has 0 amide bonds. The number of aromatic nitrogens is 6. The van der Waals surface area contributed by atoms with Crippen molar-refractivity contribution in [2.24, 2.45) is 11.8 Å². The van der Waals surface area contributed by atoms with Gasteiger partial charge in [-0.05, 0) is 62.8 Å². The van der Waals surface area contributed by atoms with Crippen LogP contribution in [-0.4, -0.2) is 29.5 Å². The van der Waals surface area contributed by atoms with Crippen molar-refractivity contribution < 1.29 is 0 Å². The molecule has 4 heterocycles. The molecule has 152 valence electrons. The normalized spacial score (nSPS) is 22.7. The fourth-order valence-corrected chi connectivity index (χ4v) is 5.34. The smallest absolute Gasteiger partial charge is 0.108 e. The van der Waals surface area contributed by atoms with Crippen molar-refractivity contribution in [1.82, 2.24) is 29.5 Å².